The van der Waals surface area contributed by atoms with E-state index in [9.17, 15) is 22.0 Å². The number of rotatable bonds is 2. The van der Waals surface area contributed by atoms with Gasteiger partial charge in [-0.3, -0.25) is 4.98 Å². The van der Waals surface area contributed by atoms with Gasteiger partial charge in [-0.15, -0.1) is 0 Å². The largest absolute Gasteiger partial charge is 0.382 e. The van der Waals surface area contributed by atoms with Crippen LogP contribution in [0.1, 0.15) is 0 Å². The molecule has 2 heterocycles. The number of nitrogen functional groups attached to an aromatic ring is 1. The number of hydrogen-bond acceptors (Lipinski definition) is 4. The smallest absolute Gasteiger partial charge is 0.200 e. The van der Waals surface area contributed by atoms with Gasteiger partial charge in [-0.2, -0.15) is 0 Å². The Labute approximate surface area is 131 Å². The zero-order valence-electron chi connectivity index (χ0n) is 11.7. The van der Waals surface area contributed by atoms with Crippen molar-refractivity contribution in [2.24, 2.45) is 0 Å². The minimum Gasteiger partial charge on any atom is -0.382 e. The van der Waals surface area contributed by atoms with E-state index in [4.69, 9.17) is 5.73 Å². The summed E-state index contributed by atoms with van der Waals surface area (Å²) in [6.07, 6.45) is 3.66. The molecule has 0 spiro atoms. The topological polar surface area (TPSA) is 64.7 Å². The fourth-order valence-corrected chi connectivity index (χ4v) is 2.05. The number of hydrogen-bond donors (Lipinski definition) is 1. The third-order valence-corrected chi connectivity index (χ3v) is 3.19. The maximum absolute atomic E-state index is 13.9. The van der Waals surface area contributed by atoms with E-state index >= 15 is 0 Å². The minimum absolute atomic E-state index is 0.129. The molecular formula is C15H7F5N4. The van der Waals surface area contributed by atoms with Gasteiger partial charge >= 0.3 is 0 Å². The van der Waals surface area contributed by atoms with Crippen LogP contribution in [0.15, 0.2) is 30.7 Å². The highest BCUT2D eigenvalue weighted by Gasteiger charge is 2.26. The average Bonchev–Trinajstić information content (AvgIpc) is 2.59. The van der Waals surface area contributed by atoms with Gasteiger partial charge < -0.3 is 5.73 Å². The SMILES string of the molecule is Nc1cnc(-c2cc(-c3c(F)c(F)c(F)c(F)c3F)ccn2)cn1. The lowest BCUT2D eigenvalue weighted by atomic mass is 10.0. The highest BCUT2D eigenvalue weighted by Crippen LogP contribution is 2.32. The molecule has 0 unspecified atom stereocenters. The summed E-state index contributed by atoms with van der Waals surface area (Å²) >= 11 is 0. The van der Waals surface area contributed by atoms with Crippen molar-refractivity contribution in [3.63, 3.8) is 0 Å². The van der Waals surface area contributed by atoms with Gasteiger partial charge in [0.05, 0.1) is 23.7 Å². The maximum atomic E-state index is 13.9. The third kappa shape index (κ3) is 2.53. The predicted octanol–water partition coefficient (Wildman–Crippen LogP) is 3.48. The van der Waals surface area contributed by atoms with Crippen LogP contribution in [-0.4, -0.2) is 15.0 Å². The lowest BCUT2D eigenvalue weighted by Gasteiger charge is -2.09. The Bertz CT molecular complexity index is 899. The zero-order valence-corrected chi connectivity index (χ0v) is 11.7. The molecule has 0 aliphatic rings. The standard InChI is InChI=1S/C15H7F5N4/c16-11-10(12(17)14(19)15(20)13(11)18)6-1-2-22-7(3-6)8-4-24-9(21)5-23-8/h1-5H,(H2,21,24). The molecule has 4 nitrogen and oxygen atoms in total. The summed E-state index contributed by atoms with van der Waals surface area (Å²) < 4.78 is 67.6. The Morgan fingerprint density at radius 3 is 1.92 bits per heavy atom. The van der Waals surface area contributed by atoms with Gasteiger partial charge in [0.15, 0.2) is 23.3 Å². The quantitative estimate of drug-likeness (QED) is 0.441. The molecule has 0 bridgehead atoms. The summed E-state index contributed by atoms with van der Waals surface area (Å²) in [7, 11) is 0. The van der Waals surface area contributed by atoms with Gasteiger partial charge in [0.25, 0.3) is 0 Å². The first-order valence-corrected chi connectivity index (χ1v) is 6.46. The van der Waals surface area contributed by atoms with Crippen molar-refractivity contribution >= 4 is 5.82 Å². The molecule has 122 valence electrons. The highest BCUT2D eigenvalue weighted by molar-refractivity contribution is 5.70. The van der Waals surface area contributed by atoms with E-state index in [1.165, 1.54) is 12.4 Å². The summed E-state index contributed by atoms with van der Waals surface area (Å²) in [5, 5.41) is 0. The molecule has 0 saturated carbocycles. The number of anilines is 1. The fraction of sp³-hybridized carbons (Fsp3) is 0. The van der Waals surface area contributed by atoms with Gasteiger partial charge in [0.2, 0.25) is 5.82 Å². The number of pyridine rings is 1. The summed E-state index contributed by atoms with van der Waals surface area (Å²) in [6, 6.07) is 2.25. The van der Waals surface area contributed by atoms with Gasteiger partial charge in [0, 0.05) is 6.20 Å². The lowest BCUT2D eigenvalue weighted by molar-refractivity contribution is 0.381. The molecule has 0 fully saturated rings. The van der Waals surface area contributed by atoms with Crippen molar-refractivity contribution in [3.05, 3.63) is 59.8 Å². The molecule has 0 aliphatic heterocycles. The van der Waals surface area contributed by atoms with E-state index in [0.29, 0.717) is 0 Å². The normalized spacial score (nSPS) is 10.9. The predicted molar refractivity (Wildman–Crippen MR) is 74.9 cm³/mol. The number of nitrogens with two attached hydrogens (primary N) is 1. The molecule has 0 radical (unpaired) electrons. The van der Waals surface area contributed by atoms with E-state index in [1.54, 1.807) is 0 Å². The van der Waals surface area contributed by atoms with Gasteiger partial charge in [-0.05, 0) is 17.7 Å². The molecule has 9 heteroatoms. The summed E-state index contributed by atoms with van der Waals surface area (Å²) in [6.45, 7) is 0. The lowest BCUT2D eigenvalue weighted by Crippen LogP contribution is -2.04. The van der Waals surface area contributed by atoms with Crippen LogP contribution in [-0.2, 0) is 0 Å². The fourth-order valence-electron chi connectivity index (χ4n) is 2.05. The van der Waals surface area contributed by atoms with Crippen molar-refractivity contribution in [2.45, 2.75) is 0 Å². The van der Waals surface area contributed by atoms with Crippen LogP contribution in [0.2, 0.25) is 0 Å². The monoisotopic (exact) mass is 338 g/mol. The molecule has 2 aromatic heterocycles. The van der Waals surface area contributed by atoms with Gasteiger partial charge in [0.1, 0.15) is 11.5 Å². The molecule has 3 rings (SSSR count). The molecule has 3 aromatic rings. The Morgan fingerprint density at radius 2 is 1.33 bits per heavy atom. The molecule has 2 N–H and O–H groups in total. The second-order valence-electron chi connectivity index (χ2n) is 4.70. The summed E-state index contributed by atoms with van der Waals surface area (Å²) in [5.41, 5.74) is 4.46. The van der Waals surface area contributed by atoms with E-state index in [1.807, 2.05) is 0 Å². The Morgan fingerprint density at radius 1 is 0.708 bits per heavy atom. The van der Waals surface area contributed by atoms with E-state index < -0.39 is 34.6 Å². The summed E-state index contributed by atoms with van der Waals surface area (Å²) in [4.78, 5) is 11.7. The highest BCUT2D eigenvalue weighted by atomic mass is 19.2. The molecule has 1 aromatic carbocycles. The summed E-state index contributed by atoms with van der Waals surface area (Å²) in [5.74, 6) is -9.95. The van der Waals surface area contributed by atoms with Crippen molar-refractivity contribution in [3.8, 4) is 22.5 Å². The first-order chi connectivity index (χ1) is 11.4. The number of nitrogens with zero attached hydrogens (tertiary/aromatic N) is 3. The second kappa shape index (κ2) is 5.84. The first-order valence-electron chi connectivity index (χ1n) is 6.46. The van der Waals surface area contributed by atoms with E-state index in [-0.39, 0.29) is 22.8 Å². The van der Waals surface area contributed by atoms with Crippen LogP contribution in [0, 0.1) is 29.1 Å². The molecule has 0 aliphatic carbocycles. The molecule has 0 amide bonds. The van der Waals surface area contributed by atoms with Crippen LogP contribution in [0.3, 0.4) is 0 Å². The van der Waals surface area contributed by atoms with Crippen LogP contribution >= 0.6 is 0 Å². The van der Waals surface area contributed by atoms with Crippen LogP contribution < -0.4 is 5.73 Å². The molecular weight excluding hydrogens is 331 g/mol. The maximum Gasteiger partial charge on any atom is 0.200 e. The van der Waals surface area contributed by atoms with Crippen LogP contribution in [0.4, 0.5) is 27.8 Å². The van der Waals surface area contributed by atoms with Crippen molar-refractivity contribution < 1.29 is 22.0 Å². The Balaban J connectivity index is 2.19. The van der Waals surface area contributed by atoms with Crippen molar-refractivity contribution in [1.29, 1.82) is 0 Å². The number of aromatic nitrogens is 3. The second-order valence-corrected chi connectivity index (χ2v) is 4.70. The minimum atomic E-state index is -2.22. The van der Waals surface area contributed by atoms with Crippen molar-refractivity contribution in [1.82, 2.24) is 15.0 Å². The Kier molecular flexibility index (Phi) is 3.84. The van der Waals surface area contributed by atoms with Gasteiger partial charge in [-0.1, -0.05) is 0 Å². The van der Waals surface area contributed by atoms with Crippen LogP contribution in [0.25, 0.3) is 22.5 Å². The molecule has 24 heavy (non-hydrogen) atoms. The van der Waals surface area contributed by atoms with Gasteiger partial charge in [-0.25, -0.2) is 31.9 Å². The van der Waals surface area contributed by atoms with Crippen molar-refractivity contribution in [2.75, 3.05) is 5.73 Å². The third-order valence-electron chi connectivity index (χ3n) is 3.19. The number of benzene rings is 1. The number of halogens is 5. The van der Waals surface area contributed by atoms with E-state index in [2.05, 4.69) is 15.0 Å². The van der Waals surface area contributed by atoms with E-state index in [0.717, 1.165) is 18.3 Å². The Hall–Kier alpha value is -3.10. The average molecular weight is 338 g/mol. The first kappa shape index (κ1) is 15.8. The molecule has 0 atom stereocenters. The molecule has 0 saturated heterocycles. The van der Waals surface area contributed by atoms with Crippen LogP contribution in [0.5, 0.6) is 0 Å². The zero-order chi connectivity index (χ0) is 17.4.